The Morgan fingerprint density at radius 2 is 2.33 bits per heavy atom. The van der Waals surface area contributed by atoms with Crippen molar-refractivity contribution in [2.45, 2.75) is 6.42 Å². The van der Waals surface area contributed by atoms with E-state index in [2.05, 4.69) is 6.58 Å². The van der Waals surface area contributed by atoms with Gasteiger partial charge in [0.2, 0.25) is 0 Å². The fourth-order valence-electron chi connectivity index (χ4n) is 0.448. The predicted octanol–water partition coefficient (Wildman–Crippen LogP) is 1.38. The first-order valence-corrected chi connectivity index (χ1v) is 4.83. The lowest BCUT2D eigenvalue weighted by Gasteiger charge is -2.12. The van der Waals surface area contributed by atoms with E-state index in [1.807, 2.05) is 6.07 Å². The Balaban J connectivity index is 3.40. The lowest BCUT2D eigenvalue weighted by molar-refractivity contribution is 0.239. The predicted molar refractivity (Wildman–Crippen MR) is 46.3 cm³/mol. The second kappa shape index (κ2) is 8.63. The van der Waals surface area contributed by atoms with E-state index in [4.69, 9.17) is 19.4 Å². The summed E-state index contributed by atoms with van der Waals surface area (Å²) in [6.07, 6.45) is 1.75. The number of nitrogens with zero attached hydrogens (tertiary/aromatic N) is 1. The average Bonchev–Trinajstić information content (AvgIpc) is 2.11. The quantitative estimate of drug-likeness (QED) is 0.373. The molecule has 1 N–H and O–H groups in total. The van der Waals surface area contributed by atoms with Gasteiger partial charge in [0, 0.05) is 0 Å². The van der Waals surface area contributed by atoms with E-state index in [0.717, 1.165) is 0 Å². The van der Waals surface area contributed by atoms with Crippen LogP contribution in [0.2, 0.25) is 0 Å². The molecule has 0 aromatic rings. The smallest absolute Gasteiger partial charge is 0.198 e. The third kappa shape index (κ3) is 6.26. The molecule has 0 saturated heterocycles. The summed E-state index contributed by atoms with van der Waals surface area (Å²) in [4.78, 5) is 0. The molecule has 5 heteroatoms. The molecule has 0 saturated carbocycles. The van der Waals surface area contributed by atoms with Crippen molar-refractivity contribution in [3.8, 4) is 6.07 Å². The molecule has 1 unspecified atom stereocenters. The maximum absolute atomic E-state index is 8.71. The van der Waals surface area contributed by atoms with E-state index in [0.29, 0.717) is 19.6 Å². The zero-order valence-electron chi connectivity index (χ0n) is 6.77. The van der Waals surface area contributed by atoms with Crippen molar-refractivity contribution in [3.63, 3.8) is 0 Å². The molecule has 0 amide bonds. The molecule has 0 heterocycles. The molecule has 0 aliphatic rings. The van der Waals surface area contributed by atoms with Crippen molar-refractivity contribution in [3.05, 3.63) is 12.7 Å². The van der Waals surface area contributed by atoms with Crippen LogP contribution in [0.1, 0.15) is 6.42 Å². The third-order valence-corrected chi connectivity index (χ3v) is 2.04. The number of aliphatic hydroxyl groups is 1. The van der Waals surface area contributed by atoms with Crippen LogP contribution in [-0.4, -0.2) is 24.7 Å². The van der Waals surface area contributed by atoms with E-state index in [1.54, 1.807) is 6.08 Å². The monoisotopic (exact) mass is 189 g/mol. The summed E-state index contributed by atoms with van der Waals surface area (Å²) in [5.41, 5.74) is 0. The second-order valence-electron chi connectivity index (χ2n) is 1.80. The highest BCUT2D eigenvalue weighted by molar-refractivity contribution is 7.46. The standard InChI is InChI=1S/C7H12NO3P/c1-2-5-10-12(7-9)11-6-3-4-8/h2,9H,1,3,5-7H2. The van der Waals surface area contributed by atoms with Gasteiger partial charge in [0.15, 0.2) is 8.38 Å². The van der Waals surface area contributed by atoms with E-state index in [9.17, 15) is 0 Å². The van der Waals surface area contributed by atoms with Gasteiger partial charge < -0.3 is 14.2 Å². The summed E-state index contributed by atoms with van der Waals surface area (Å²) < 4.78 is 10.1. The van der Waals surface area contributed by atoms with Gasteiger partial charge in [0.1, 0.15) is 6.35 Å². The SMILES string of the molecule is C=CCOP(CO)OCCC#N. The van der Waals surface area contributed by atoms with Crippen LogP contribution in [0.15, 0.2) is 12.7 Å². The van der Waals surface area contributed by atoms with Crippen LogP contribution in [0, 0.1) is 11.3 Å². The van der Waals surface area contributed by atoms with Gasteiger partial charge in [-0.05, 0) is 0 Å². The van der Waals surface area contributed by atoms with Crippen molar-refractivity contribution in [1.29, 1.82) is 5.26 Å². The highest BCUT2D eigenvalue weighted by Gasteiger charge is 2.06. The summed E-state index contributed by atoms with van der Waals surface area (Å²) in [6, 6.07) is 1.93. The molecule has 0 aliphatic carbocycles. The van der Waals surface area contributed by atoms with Gasteiger partial charge in [0.25, 0.3) is 0 Å². The molecule has 0 bridgehead atoms. The van der Waals surface area contributed by atoms with Gasteiger partial charge in [-0.25, -0.2) is 0 Å². The Morgan fingerprint density at radius 3 is 2.83 bits per heavy atom. The maximum Gasteiger partial charge on any atom is 0.198 e. The minimum atomic E-state index is -1.24. The van der Waals surface area contributed by atoms with Crippen LogP contribution < -0.4 is 0 Å². The van der Waals surface area contributed by atoms with Gasteiger partial charge in [-0.2, -0.15) is 5.26 Å². The van der Waals surface area contributed by atoms with E-state index >= 15 is 0 Å². The number of hydrogen-bond donors (Lipinski definition) is 1. The van der Waals surface area contributed by atoms with Gasteiger partial charge in [-0.1, -0.05) is 6.08 Å². The van der Waals surface area contributed by atoms with Gasteiger partial charge in [0.05, 0.1) is 25.7 Å². The molecular formula is C7H12NO3P. The third-order valence-electron chi connectivity index (χ3n) is 0.901. The molecule has 0 radical (unpaired) electrons. The summed E-state index contributed by atoms with van der Waals surface area (Å²) in [5.74, 6) is 0. The summed E-state index contributed by atoms with van der Waals surface area (Å²) >= 11 is 0. The van der Waals surface area contributed by atoms with Gasteiger partial charge in [-0.3, -0.25) is 0 Å². The fraction of sp³-hybridized carbons (Fsp3) is 0.571. The molecule has 4 nitrogen and oxygen atoms in total. The Hall–Kier alpha value is -0.460. The zero-order valence-corrected chi connectivity index (χ0v) is 7.67. The lowest BCUT2D eigenvalue weighted by Crippen LogP contribution is -1.96. The van der Waals surface area contributed by atoms with Crippen LogP contribution in [-0.2, 0) is 9.05 Å². The Labute approximate surface area is 73.3 Å². The Kier molecular flexibility index (Phi) is 8.30. The fourth-order valence-corrected chi connectivity index (χ4v) is 1.25. The topological polar surface area (TPSA) is 62.5 Å². The van der Waals surface area contributed by atoms with Crippen molar-refractivity contribution < 1.29 is 14.2 Å². The molecule has 1 atom stereocenters. The highest BCUT2D eigenvalue weighted by atomic mass is 31.2. The van der Waals surface area contributed by atoms with Crippen LogP contribution in [0.3, 0.4) is 0 Å². The van der Waals surface area contributed by atoms with E-state index in [-0.39, 0.29) is 6.35 Å². The molecule has 0 rings (SSSR count). The lowest BCUT2D eigenvalue weighted by atomic mass is 10.5. The molecule has 0 fully saturated rings. The van der Waals surface area contributed by atoms with Crippen molar-refractivity contribution in [1.82, 2.24) is 0 Å². The van der Waals surface area contributed by atoms with Crippen molar-refractivity contribution >= 4 is 8.38 Å². The number of rotatable bonds is 7. The summed E-state index contributed by atoms with van der Waals surface area (Å²) in [6.45, 7) is 4.12. The molecule has 0 aromatic carbocycles. The van der Waals surface area contributed by atoms with Crippen LogP contribution in [0.4, 0.5) is 0 Å². The van der Waals surface area contributed by atoms with Crippen LogP contribution in [0.25, 0.3) is 0 Å². The second-order valence-corrected chi connectivity index (χ2v) is 3.26. The van der Waals surface area contributed by atoms with Gasteiger partial charge in [-0.15, -0.1) is 6.58 Å². The zero-order chi connectivity index (χ0) is 9.23. The first kappa shape index (κ1) is 11.5. The van der Waals surface area contributed by atoms with Crippen molar-refractivity contribution in [2.24, 2.45) is 0 Å². The highest BCUT2D eigenvalue weighted by Crippen LogP contribution is 2.36. The van der Waals surface area contributed by atoms with E-state index in [1.165, 1.54) is 0 Å². The number of aliphatic hydroxyl groups excluding tert-OH is 1. The van der Waals surface area contributed by atoms with Crippen molar-refractivity contribution in [2.75, 3.05) is 19.6 Å². The Bertz CT molecular complexity index is 157. The summed E-state index contributed by atoms with van der Waals surface area (Å²) in [7, 11) is -1.24. The molecule has 0 aromatic heterocycles. The minimum Gasteiger partial charge on any atom is -0.387 e. The Morgan fingerprint density at radius 1 is 1.58 bits per heavy atom. The maximum atomic E-state index is 8.71. The molecule has 68 valence electrons. The first-order chi connectivity index (χ1) is 5.85. The first-order valence-electron chi connectivity index (χ1n) is 3.47. The van der Waals surface area contributed by atoms with E-state index < -0.39 is 8.38 Å². The largest absolute Gasteiger partial charge is 0.387 e. The number of nitriles is 1. The average molecular weight is 189 g/mol. The summed E-state index contributed by atoms with van der Waals surface area (Å²) in [5, 5.41) is 16.9. The normalized spacial score (nSPS) is 12.0. The molecule has 12 heavy (non-hydrogen) atoms. The van der Waals surface area contributed by atoms with Crippen LogP contribution in [0.5, 0.6) is 0 Å². The van der Waals surface area contributed by atoms with Gasteiger partial charge >= 0.3 is 0 Å². The van der Waals surface area contributed by atoms with Crippen LogP contribution >= 0.6 is 8.38 Å². The number of hydrogen-bond acceptors (Lipinski definition) is 4. The minimum absolute atomic E-state index is 0.144. The molecular weight excluding hydrogens is 177 g/mol. The molecule has 0 aliphatic heterocycles. The molecule has 0 spiro atoms.